The molecular weight excluding hydrogens is 296 g/mol. The molecule has 0 spiro atoms. The summed E-state index contributed by atoms with van der Waals surface area (Å²) in [6.45, 7) is 5.43. The third-order valence-electron chi connectivity index (χ3n) is 4.49. The van der Waals surface area contributed by atoms with Crippen molar-refractivity contribution < 1.29 is 14.3 Å². The maximum Gasteiger partial charge on any atom is 0.274 e. The van der Waals surface area contributed by atoms with Gasteiger partial charge >= 0.3 is 0 Å². The molecule has 2 fully saturated rings. The molecule has 7 nitrogen and oxygen atoms in total. The van der Waals surface area contributed by atoms with E-state index < -0.39 is 0 Å². The van der Waals surface area contributed by atoms with Crippen LogP contribution in [0.1, 0.15) is 29.5 Å². The van der Waals surface area contributed by atoms with Crippen molar-refractivity contribution in [1.29, 1.82) is 0 Å². The molecule has 1 unspecified atom stereocenters. The molecule has 3 heterocycles. The van der Waals surface area contributed by atoms with Crippen LogP contribution in [-0.2, 0) is 16.0 Å². The van der Waals surface area contributed by atoms with Crippen molar-refractivity contribution in [3.63, 3.8) is 0 Å². The van der Waals surface area contributed by atoms with Gasteiger partial charge in [0.15, 0.2) is 0 Å². The molecule has 23 heavy (non-hydrogen) atoms. The number of aromatic nitrogens is 2. The van der Waals surface area contributed by atoms with E-state index in [1.807, 2.05) is 4.90 Å². The van der Waals surface area contributed by atoms with Crippen LogP contribution in [0, 0.1) is 5.92 Å². The highest BCUT2D eigenvalue weighted by atomic mass is 16.5. The van der Waals surface area contributed by atoms with E-state index in [0.29, 0.717) is 44.3 Å². The SMILES string of the molecule is CC(=O)N1CCC(Cc2nccnc2C(=O)N2CCOCC2)C1. The molecule has 0 bridgehead atoms. The Morgan fingerprint density at radius 1 is 1.17 bits per heavy atom. The van der Waals surface area contributed by atoms with Crippen LogP contribution in [0.4, 0.5) is 0 Å². The Morgan fingerprint density at radius 2 is 1.91 bits per heavy atom. The van der Waals surface area contributed by atoms with Gasteiger partial charge in [-0.25, -0.2) is 4.98 Å². The minimum absolute atomic E-state index is 0.0715. The fourth-order valence-electron chi connectivity index (χ4n) is 3.17. The fraction of sp³-hybridized carbons (Fsp3) is 0.625. The number of nitrogens with zero attached hydrogens (tertiary/aromatic N) is 4. The van der Waals surface area contributed by atoms with Gasteiger partial charge in [0, 0.05) is 45.5 Å². The van der Waals surface area contributed by atoms with Crippen molar-refractivity contribution in [3.05, 3.63) is 23.8 Å². The van der Waals surface area contributed by atoms with Gasteiger partial charge in [-0.05, 0) is 18.8 Å². The van der Waals surface area contributed by atoms with E-state index in [-0.39, 0.29) is 11.8 Å². The van der Waals surface area contributed by atoms with Crippen molar-refractivity contribution >= 4 is 11.8 Å². The number of rotatable bonds is 3. The molecule has 1 aromatic rings. The number of ether oxygens (including phenoxy) is 1. The number of amides is 2. The van der Waals surface area contributed by atoms with Crippen molar-refractivity contribution in [2.45, 2.75) is 19.8 Å². The Balaban J connectivity index is 1.70. The summed E-state index contributed by atoms with van der Waals surface area (Å²) in [5, 5.41) is 0. The normalized spacial score (nSPS) is 21.5. The molecule has 0 saturated carbocycles. The molecular formula is C16H22N4O3. The lowest BCUT2D eigenvalue weighted by Crippen LogP contribution is -2.41. The van der Waals surface area contributed by atoms with Crippen LogP contribution in [-0.4, -0.2) is 71.0 Å². The van der Waals surface area contributed by atoms with E-state index in [1.165, 1.54) is 0 Å². The third kappa shape index (κ3) is 3.67. The van der Waals surface area contributed by atoms with Gasteiger partial charge in [0.05, 0.1) is 18.9 Å². The first-order valence-corrected chi connectivity index (χ1v) is 8.07. The topological polar surface area (TPSA) is 75.6 Å². The predicted molar refractivity (Wildman–Crippen MR) is 82.8 cm³/mol. The van der Waals surface area contributed by atoms with E-state index in [2.05, 4.69) is 9.97 Å². The van der Waals surface area contributed by atoms with Crippen LogP contribution in [0.15, 0.2) is 12.4 Å². The molecule has 0 aliphatic carbocycles. The zero-order chi connectivity index (χ0) is 16.2. The van der Waals surface area contributed by atoms with Crippen LogP contribution in [0.25, 0.3) is 0 Å². The predicted octanol–water partition coefficient (Wildman–Crippen LogP) is 0.360. The molecule has 1 aromatic heterocycles. The lowest BCUT2D eigenvalue weighted by molar-refractivity contribution is -0.127. The largest absolute Gasteiger partial charge is 0.378 e. The molecule has 2 aliphatic heterocycles. The molecule has 7 heteroatoms. The summed E-state index contributed by atoms with van der Waals surface area (Å²) in [7, 11) is 0. The fourth-order valence-corrected chi connectivity index (χ4v) is 3.17. The summed E-state index contributed by atoms with van der Waals surface area (Å²) in [6.07, 6.45) is 4.82. The second-order valence-corrected chi connectivity index (χ2v) is 6.08. The van der Waals surface area contributed by atoms with Gasteiger partial charge in [-0.15, -0.1) is 0 Å². The highest BCUT2D eigenvalue weighted by Gasteiger charge is 2.28. The molecule has 1 atom stereocenters. The quantitative estimate of drug-likeness (QED) is 0.804. The number of carbonyl (C=O) groups excluding carboxylic acids is 2. The lowest BCUT2D eigenvalue weighted by Gasteiger charge is -2.27. The van der Waals surface area contributed by atoms with Gasteiger partial charge < -0.3 is 14.5 Å². The Hall–Kier alpha value is -2.02. The Bertz CT molecular complexity index is 586. The van der Waals surface area contributed by atoms with E-state index in [4.69, 9.17) is 4.74 Å². The average molecular weight is 318 g/mol. The first-order valence-electron chi connectivity index (χ1n) is 8.07. The smallest absolute Gasteiger partial charge is 0.274 e. The number of morpholine rings is 1. The molecule has 0 aromatic carbocycles. The van der Waals surface area contributed by atoms with Gasteiger partial charge in [-0.2, -0.15) is 0 Å². The van der Waals surface area contributed by atoms with Crippen molar-refractivity contribution in [2.24, 2.45) is 5.92 Å². The van der Waals surface area contributed by atoms with Crippen molar-refractivity contribution in [1.82, 2.24) is 19.8 Å². The standard InChI is InChI=1S/C16H22N4O3/c1-12(21)20-5-2-13(11-20)10-14-15(18-4-3-17-14)16(22)19-6-8-23-9-7-19/h3-4,13H,2,5-11H2,1H3. The molecule has 0 N–H and O–H groups in total. The summed E-state index contributed by atoms with van der Waals surface area (Å²) < 4.78 is 5.29. The Kier molecular flexibility index (Phi) is 4.85. The number of likely N-dealkylation sites (tertiary alicyclic amines) is 1. The highest BCUT2D eigenvalue weighted by Crippen LogP contribution is 2.21. The second-order valence-electron chi connectivity index (χ2n) is 6.08. The Labute approximate surface area is 135 Å². The van der Waals surface area contributed by atoms with Crippen LogP contribution in [0.5, 0.6) is 0 Å². The number of hydrogen-bond acceptors (Lipinski definition) is 5. The van der Waals surface area contributed by atoms with Crippen LogP contribution < -0.4 is 0 Å². The van der Waals surface area contributed by atoms with Crippen molar-refractivity contribution in [3.8, 4) is 0 Å². The van der Waals surface area contributed by atoms with Gasteiger partial charge in [0.25, 0.3) is 5.91 Å². The molecule has 124 valence electrons. The Morgan fingerprint density at radius 3 is 2.61 bits per heavy atom. The van der Waals surface area contributed by atoms with Crippen molar-refractivity contribution in [2.75, 3.05) is 39.4 Å². The molecule has 2 amide bonds. The van der Waals surface area contributed by atoms with Gasteiger partial charge in [0.1, 0.15) is 5.69 Å². The maximum absolute atomic E-state index is 12.7. The highest BCUT2D eigenvalue weighted by molar-refractivity contribution is 5.93. The van der Waals surface area contributed by atoms with E-state index >= 15 is 0 Å². The summed E-state index contributed by atoms with van der Waals surface area (Å²) in [5.41, 5.74) is 1.18. The third-order valence-corrected chi connectivity index (χ3v) is 4.49. The lowest BCUT2D eigenvalue weighted by atomic mass is 10.0. The van der Waals surface area contributed by atoms with Gasteiger partial charge in [0.2, 0.25) is 5.91 Å². The summed E-state index contributed by atoms with van der Waals surface area (Å²) in [4.78, 5) is 36.4. The van der Waals surface area contributed by atoms with Crippen LogP contribution in [0.2, 0.25) is 0 Å². The first kappa shape index (κ1) is 15.9. The minimum Gasteiger partial charge on any atom is -0.378 e. The summed E-state index contributed by atoms with van der Waals surface area (Å²) in [6, 6.07) is 0. The van der Waals surface area contributed by atoms with Crippen LogP contribution >= 0.6 is 0 Å². The van der Waals surface area contributed by atoms with Gasteiger partial charge in [-0.1, -0.05) is 0 Å². The second kappa shape index (κ2) is 7.04. The minimum atomic E-state index is -0.0715. The summed E-state index contributed by atoms with van der Waals surface area (Å²) in [5.74, 6) is 0.376. The van der Waals surface area contributed by atoms with Gasteiger partial charge in [-0.3, -0.25) is 14.6 Å². The van der Waals surface area contributed by atoms with E-state index in [0.717, 1.165) is 25.2 Å². The van der Waals surface area contributed by atoms with E-state index in [9.17, 15) is 9.59 Å². The summed E-state index contributed by atoms with van der Waals surface area (Å²) >= 11 is 0. The monoisotopic (exact) mass is 318 g/mol. The maximum atomic E-state index is 12.7. The van der Waals surface area contributed by atoms with E-state index in [1.54, 1.807) is 24.2 Å². The molecule has 2 saturated heterocycles. The number of hydrogen-bond donors (Lipinski definition) is 0. The molecule has 2 aliphatic rings. The average Bonchev–Trinajstić information content (AvgIpc) is 3.04. The molecule has 0 radical (unpaired) electrons. The van der Waals surface area contributed by atoms with Crippen LogP contribution in [0.3, 0.4) is 0 Å². The number of carbonyl (C=O) groups is 2. The first-order chi connectivity index (χ1) is 11.1. The zero-order valence-corrected chi connectivity index (χ0v) is 13.4. The zero-order valence-electron chi connectivity index (χ0n) is 13.4. The molecule has 3 rings (SSSR count).